The molecular weight excluding hydrogens is 402 g/mol. The first-order valence-electron chi connectivity index (χ1n) is 10.2. The van der Waals surface area contributed by atoms with Crippen molar-refractivity contribution in [3.8, 4) is 0 Å². The molecular formula is C21H31N5O5. The fraction of sp³-hybridized carbons (Fsp3) is 0.571. The van der Waals surface area contributed by atoms with Crippen molar-refractivity contribution in [3.63, 3.8) is 0 Å². The molecule has 4 N–H and O–H groups in total. The van der Waals surface area contributed by atoms with Crippen molar-refractivity contribution in [2.24, 2.45) is 17.0 Å². The monoisotopic (exact) mass is 433 g/mol. The standard InChI is InChI=1S/C21H31N5O5/c1-13(2)9-18(21(30)31)25-20(29)17(11-15-7-5-4-6-8-15)24-19(28)14(3)10-16(27)12-23-26-22/h4-8,13-14,16-18,27H,9-12H2,1-3H3,(H,24,28)(H,25,29)(H,30,31)/t14-,16-,17+,18+/m1/s1. The Morgan fingerprint density at radius 2 is 1.65 bits per heavy atom. The van der Waals surface area contributed by atoms with E-state index in [2.05, 4.69) is 20.7 Å². The number of hydrogen-bond acceptors (Lipinski definition) is 5. The molecule has 0 bridgehead atoms. The first kappa shape index (κ1) is 25.9. The van der Waals surface area contributed by atoms with Gasteiger partial charge in [0, 0.05) is 17.3 Å². The molecule has 0 aromatic heterocycles. The van der Waals surface area contributed by atoms with Crippen LogP contribution in [0.5, 0.6) is 0 Å². The van der Waals surface area contributed by atoms with Gasteiger partial charge in [-0.05, 0) is 29.9 Å². The summed E-state index contributed by atoms with van der Waals surface area (Å²) in [5, 5.41) is 27.7. The Balaban J connectivity index is 2.92. The summed E-state index contributed by atoms with van der Waals surface area (Å²) < 4.78 is 0. The molecule has 1 aromatic carbocycles. The largest absolute Gasteiger partial charge is 0.480 e. The number of carbonyl (C=O) groups is 3. The van der Waals surface area contributed by atoms with Gasteiger partial charge in [-0.15, -0.1) is 0 Å². The molecule has 2 amide bonds. The fourth-order valence-corrected chi connectivity index (χ4v) is 3.06. The van der Waals surface area contributed by atoms with Gasteiger partial charge in [-0.1, -0.05) is 56.2 Å². The molecule has 0 saturated carbocycles. The van der Waals surface area contributed by atoms with E-state index in [9.17, 15) is 24.6 Å². The summed E-state index contributed by atoms with van der Waals surface area (Å²) in [5.74, 6) is -2.79. The zero-order valence-electron chi connectivity index (χ0n) is 18.1. The first-order chi connectivity index (χ1) is 14.6. The van der Waals surface area contributed by atoms with Crippen LogP contribution in [-0.4, -0.2) is 52.7 Å². The molecule has 0 unspecified atom stereocenters. The topological polar surface area (TPSA) is 164 Å². The summed E-state index contributed by atoms with van der Waals surface area (Å²) in [6, 6.07) is 7.00. The summed E-state index contributed by atoms with van der Waals surface area (Å²) in [6.45, 7) is 5.14. The smallest absolute Gasteiger partial charge is 0.326 e. The lowest BCUT2D eigenvalue weighted by Gasteiger charge is -2.24. The zero-order chi connectivity index (χ0) is 23.4. The fourth-order valence-electron chi connectivity index (χ4n) is 3.06. The van der Waals surface area contributed by atoms with Crippen molar-refractivity contribution in [1.29, 1.82) is 0 Å². The number of carboxylic acids is 1. The molecule has 1 aromatic rings. The van der Waals surface area contributed by atoms with Gasteiger partial charge in [0.25, 0.3) is 0 Å². The second kappa shape index (κ2) is 13.3. The molecule has 0 spiro atoms. The Morgan fingerprint density at radius 3 is 2.19 bits per heavy atom. The second-order valence-electron chi connectivity index (χ2n) is 7.98. The van der Waals surface area contributed by atoms with Crippen LogP contribution < -0.4 is 10.6 Å². The number of carbonyl (C=O) groups excluding carboxylic acids is 2. The number of nitrogens with zero attached hydrogens (tertiary/aromatic N) is 3. The summed E-state index contributed by atoms with van der Waals surface area (Å²) >= 11 is 0. The third-order valence-corrected chi connectivity index (χ3v) is 4.67. The van der Waals surface area contributed by atoms with Crippen LogP contribution in [0.1, 0.15) is 39.2 Å². The number of nitrogens with one attached hydrogen (secondary N) is 2. The van der Waals surface area contributed by atoms with Crippen LogP contribution >= 0.6 is 0 Å². The van der Waals surface area contributed by atoms with Crippen LogP contribution in [0, 0.1) is 11.8 Å². The highest BCUT2D eigenvalue weighted by atomic mass is 16.4. The van der Waals surface area contributed by atoms with Gasteiger partial charge in [-0.25, -0.2) is 4.79 Å². The molecule has 10 heteroatoms. The Bertz CT molecular complexity index is 780. The van der Waals surface area contributed by atoms with Crippen LogP contribution in [0.4, 0.5) is 0 Å². The molecule has 0 aliphatic rings. The van der Waals surface area contributed by atoms with E-state index in [1.807, 2.05) is 32.0 Å². The van der Waals surface area contributed by atoms with Crippen LogP contribution in [0.2, 0.25) is 0 Å². The van der Waals surface area contributed by atoms with E-state index in [-0.39, 0.29) is 31.7 Å². The average Bonchev–Trinajstić information content (AvgIpc) is 2.71. The van der Waals surface area contributed by atoms with Crippen molar-refractivity contribution in [3.05, 3.63) is 46.3 Å². The minimum atomic E-state index is -1.14. The second-order valence-corrected chi connectivity index (χ2v) is 7.98. The number of amides is 2. The number of carboxylic acid groups (broad SMARTS) is 1. The van der Waals surface area contributed by atoms with E-state index in [4.69, 9.17) is 5.53 Å². The SMILES string of the molecule is CC(C)C[C@H](NC(=O)[C@H](Cc1ccccc1)NC(=O)[C@H](C)C[C@@H](O)CN=[N+]=[N-])C(=O)O. The Morgan fingerprint density at radius 1 is 1.03 bits per heavy atom. The summed E-state index contributed by atoms with van der Waals surface area (Å²) in [6.07, 6.45) is -0.494. The quantitative estimate of drug-likeness (QED) is 0.212. The zero-order valence-corrected chi connectivity index (χ0v) is 18.1. The predicted octanol–water partition coefficient (Wildman–Crippen LogP) is 2.03. The minimum Gasteiger partial charge on any atom is -0.480 e. The highest BCUT2D eigenvalue weighted by Crippen LogP contribution is 2.11. The van der Waals surface area contributed by atoms with E-state index in [1.165, 1.54) is 0 Å². The number of rotatable bonds is 13. The summed E-state index contributed by atoms with van der Waals surface area (Å²) in [5.41, 5.74) is 9.13. The molecule has 0 radical (unpaired) electrons. The van der Waals surface area contributed by atoms with Crippen LogP contribution in [-0.2, 0) is 20.8 Å². The van der Waals surface area contributed by atoms with Crippen LogP contribution in [0.3, 0.4) is 0 Å². The highest BCUT2D eigenvalue weighted by Gasteiger charge is 2.29. The van der Waals surface area contributed by atoms with Crippen LogP contribution in [0.25, 0.3) is 10.4 Å². The Kier molecular flexibility index (Phi) is 11.1. The first-order valence-corrected chi connectivity index (χ1v) is 10.2. The van der Waals surface area contributed by atoms with Crippen molar-refractivity contribution in [2.75, 3.05) is 6.54 Å². The molecule has 0 saturated heterocycles. The summed E-state index contributed by atoms with van der Waals surface area (Å²) in [7, 11) is 0. The third kappa shape index (κ3) is 9.97. The number of azide groups is 1. The average molecular weight is 434 g/mol. The lowest BCUT2D eigenvalue weighted by atomic mass is 9.99. The van der Waals surface area contributed by atoms with Gasteiger partial charge >= 0.3 is 5.97 Å². The van der Waals surface area contributed by atoms with E-state index in [0.717, 1.165) is 5.56 Å². The number of aliphatic hydroxyl groups excluding tert-OH is 1. The van der Waals surface area contributed by atoms with Crippen molar-refractivity contribution < 1.29 is 24.6 Å². The third-order valence-electron chi connectivity index (χ3n) is 4.67. The Labute approximate surface area is 181 Å². The summed E-state index contributed by atoms with van der Waals surface area (Å²) in [4.78, 5) is 39.6. The van der Waals surface area contributed by atoms with Gasteiger partial charge in [-0.3, -0.25) is 9.59 Å². The van der Waals surface area contributed by atoms with Gasteiger partial charge < -0.3 is 20.8 Å². The maximum Gasteiger partial charge on any atom is 0.326 e. The molecule has 0 heterocycles. The van der Waals surface area contributed by atoms with Gasteiger partial charge in [0.15, 0.2) is 0 Å². The lowest BCUT2D eigenvalue weighted by Crippen LogP contribution is -2.53. The molecule has 0 aliphatic heterocycles. The number of hydrogen-bond donors (Lipinski definition) is 4. The van der Waals surface area contributed by atoms with Gasteiger partial charge in [0.05, 0.1) is 12.6 Å². The molecule has 0 fully saturated rings. The molecule has 0 aliphatic carbocycles. The highest BCUT2D eigenvalue weighted by molar-refractivity contribution is 5.91. The van der Waals surface area contributed by atoms with Crippen LogP contribution in [0.15, 0.2) is 35.4 Å². The van der Waals surface area contributed by atoms with Crippen molar-refractivity contribution in [2.45, 2.75) is 58.2 Å². The molecule has 10 nitrogen and oxygen atoms in total. The maximum atomic E-state index is 12.9. The van der Waals surface area contributed by atoms with Gasteiger partial charge in [-0.2, -0.15) is 0 Å². The van der Waals surface area contributed by atoms with E-state index in [1.54, 1.807) is 19.1 Å². The van der Waals surface area contributed by atoms with Gasteiger partial charge in [0.1, 0.15) is 12.1 Å². The molecule has 31 heavy (non-hydrogen) atoms. The molecule has 170 valence electrons. The van der Waals surface area contributed by atoms with Crippen molar-refractivity contribution >= 4 is 17.8 Å². The molecule has 1 rings (SSSR count). The number of benzene rings is 1. The maximum absolute atomic E-state index is 12.9. The van der Waals surface area contributed by atoms with Gasteiger partial charge in [0.2, 0.25) is 11.8 Å². The number of aliphatic carboxylic acids is 1. The van der Waals surface area contributed by atoms with E-state index < -0.39 is 41.9 Å². The normalized spacial score (nSPS) is 14.6. The van der Waals surface area contributed by atoms with Crippen molar-refractivity contribution in [1.82, 2.24) is 10.6 Å². The number of aliphatic hydroxyl groups is 1. The Hall–Kier alpha value is -3.10. The van der Waals surface area contributed by atoms with E-state index in [0.29, 0.717) is 0 Å². The molecule has 4 atom stereocenters. The predicted molar refractivity (Wildman–Crippen MR) is 115 cm³/mol. The lowest BCUT2D eigenvalue weighted by molar-refractivity contribution is -0.142. The minimum absolute atomic E-state index is 0.0512. The van der Waals surface area contributed by atoms with E-state index >= 15 is 0 Å².